The molecule has 0 spiro atoms. The van der Waals surface area contributed by atoms with E-state index in [2.05, 4.69) is 17.4 Å². The fourth-order valence-corrected chi connectivity index (χ4v) is 4.39. The molecule has 1 N–H and O–H groups in total. The summed E-state index contributed by atoms with van der Waals surface area (Å²) in [4.78, 5) is 29.1. The van der Waals surface area contributed by atoms with Crippen LogP contribution in [0.2, 0.25) is 0 Å². The molecule has 0 aliphatic carbocycles. The van der Waals surface area contributed by atoms with Crippen LogP contribution in [0.5, 0.6) is 5.75 Å². The van der Waals surface area contributed by atoms with E-state index in [0.717, 1.165) is 33.4 Å². The second-order valence-electron chi connectivity index (χ2n) is 10.9. The van der Waals surface area contributed by atoms with Gasteiger partial charge in [-0.2, -0.15) is 0 Å². The van der Waals surface area contributed by atoms with Gasteiger partial charge in [0.25, 0.3) is 5.91 Å². The minimum absolute atomic E-state index is 0.149. The average molecular weight is 501 g/mol. The van der Waals surface area contributed by atoms with Gasteiger partial charge in [0.15, 0.2) is 6.61 Å². The number of benzene rings is 3. The molecule has 0 aromatic heterocycles. The number of aryl methyl sites for hydroxylation is 3. The van der Waals surface area contributed by atoms with E-state index < -0.39 is 11.6 Å². The fraction of sp³-hybridized carbons (Fsp3) is 0.375. The van der Waals surface area contributed by atoms with E-state index in [1.54, 1.807) is 4.90 Å². The molecule has 5 nitrogen and oxygen atoms in total. The van der Waals surface area contributed by atoms with E-state index in [0.29, 0.717) is 18.7 Å². The van der Waals surface area contributed by atoms with Crippen molar-refractivity contribution in [1.82, 2.24) is 10.2 Å². The van der Waals surface area contributed by atoms with Crippen molar-refractivity contribution in [2.24, 2.45) is 0 Å². The number of ether oxygens (including phenoxy) is 1. The predicted molar refractivity (Wildman–Crippen MR) is 150 cm³/mol. The van der Waals surface area contributed by atoms with E-state index in [4.69, 9.17) is 4.74 Å². The van der Waals surface area contributed by atoms with Crippen LogP contribution < -0.4 is 10.1 Å². The number of carbonyl (C=O) groups excluding carboxylic acids is 2. The van der Waals surface area contributed by atoms with Crippen molar-refractivity contribution in [1.29, 1.82) is 0 Å². The highest BCUT2D eigenvalue weighted by Crippen LogP contribution is 2.24. The van der Waals surface area contributed by atoms with Gasteiger partial charge in [-0.15, -0.1) is 0 Å². The molecule has 1 unspecified atom stereocenters. The van der Waals surface area contributed by atoms with Crippen LogP contribution in [0.3, 0.4) is 0 Å². The Morgan fingerprint density at radius 2 is 1.54 bits per heavy atom. The summed E-state index contributed by atoms with van der Waals surface area (Å²) >= 11 is 0. The molecule has 0 fully saturated rings. The Labute approximate surface area is 221 Å². The number of carbonyl (C=O) groups is 2. The Bertz CT molecular complexity index is 1230. The Balaban J connectivity index is 1.96. The predicted octanol–water partition coefficient (Wildman–Crippen LogP) is 5.85. The lowest BCUT2D eigenvalue weighted by Gasteiger charge is -2.34. The van der Waals surface area contributed by atoms with Crippen LogP contribution in [0.15, 0.2) is 66.7 Å². The van der Waals surface area contributed by atoms with Crippen LogP contribution in [0.1, 0.15) is 54.2 Å². The quantitative estimate of drug-likeness (QED) is 0.401. The lowest BCUT2D eigenvalue weighted by Crippen LogP contribution is -2.55. The van der Waals surface area contributed by atoms with Crippen molar-refractivity contribution >= 4 is 11.8 Å². The first-order valence-corrected chi connectivity index (χ1v) is 12.8. The first-order valence-electron chi connectivity index (χ1n) is 12.8. The Morgan fingerprint density at radius 3 is 2.19 bits per heavy atom. The van der Waals surface area contributed by atoms with Crippen LogP contribution in [0, 0.1) is 27.7 Å². The van der Waals surface area contributed by atoms with Gasteiger partial charge in [-0.05, 0) is 82.3 Å². The number of hydrogen-bond acceptors (Lipinski definition) is 3. The first-order chi connectivity index (χ1) is 17.4. The minimum Gasteiger partial charge on any atom is -0.483 e. The van der Waals surface area contributed by atoms with Crippen LogP contribution in [0.25, 0.3) is 0 Å². The normalized spacial score (nSPS) is 12.1. The summed E-state index contributed by atoms with van der Waals surface area (Å²) in [6, 6.07) is 21.2. The van der Waals surface area contributed by atoms with Gasteiger partial charge in [0, 0.05) is 18.5 Å². The maximum Gasteiger partial charge on any atom is 0.261 e. The van der Waals surface area contributed by atoms with Gasteiger partial charge in [0.2, 0.25) is 5.91 Å². The first kappa shape index (κ1) is 28.0. The van der Waals surface area contributed by atoms with Gasteiger partial charge in [-0.3, -0.25) is 9.59 Å². The van der Waals surface area contributed by atoms with Crippen molar-refractivity contribution in [2.45, 2.75) is 73.0 Å². The molecule has 2 amide bonds. The summed E-state index contributed by atoms with van der Waals surface area (Å²) in [6.45, 7) is 14.1. The molecule has 196 valence electrons. The molecule has 0 aliphatic rings. The summed E-state index contributed by atoms with van der Waals surface area (Å²) in [7, 11) is 0. The van der Waals surface area contributed by atoms with Crippen molar-refractivity contribution in [2.75, 3.05) is 6.61 Å². The van der Waals surface area contributed by atoms with Gasteiger partial charge in [-0.1, -0.05) is 66.2 Å². The highest BCUT2D eigenvalue weighted by Gasteiger charge is 2.32. The summed E-state index contributed by atoms with van der Waals surface area (Å²) in [6.07, 6.45) is 0.406. The molecule has 0 radical (unpaired) electrons. The van der Waals surface area contributed by atoms with E-state index in [1.165, 1.54) is 0 Å². The lowest BCUT2D eigenvalue weighted by molar-refractivity contribution is -0.143. The van der Waals surface area contributed by atoms with Crippen molar-refractivity contribution in [3.05, 3.63) is 100 Å². The van der Waals surface area contributed by atoms with Crippen molar-refractivity contribution in [3.63, 3.8) is 0 Å². The smallest absolute Gasteiger partial charge is 0.261 e. The zero-order valence-corrected chi connectivity index (χ0v) is 23.2. The largest absolute Gasteiger partial charge is 0.483 e. The van der Waals surface area contributed by atoms with Gasteiger partial charge < -0.3 is 15.0 Å². The molecule has 3 aromatic carbocycles. The van der Waals surface area contributed by atoms with Gasteiger partial charge in [-0.25, -0.2) is 0 Å². The monoisotopic (exact) mass is 500 g/mol. The molecule has 3 rings (SSSR count). The number of amides is 2. The van der Waals surface area contributed by atoms with E-state index >= 15 is 0 Å². The second-order valence-corrected chi connectivity index (χ2v) is 10.9. The fourth-order valence-electron chi connectivity index (χ4n) is 4.39. The molecule has 0 aliphatic heterocycles. The van der Waals surface area contributed by atoms with Gasteiger partial charge >= 0.3 is 0 Å². The lowest BCUT2D eigenvalue weighted by atomic mass is 10.0. The summed E-state index contributed by atoms with van der Waals surface area (Å²) in [5.74, 6) is 0.283. The van der Waals surface area contributed by atoms with E-state index in [-0.39, 0.29) is 18.4 Å². The van der Waals surface area contributed by atoms with Crippen LogP contribution >= 0.6 is 0 Å². The summed E-state index contributed by atoms with van der Waals surface area (Å²) < 4.78 is 6.06. The summed E-state index contributed by atoms with van der Waals surface area (Å²) in [5, 5.41) is 3.10. The highest BCUT2D eigenvalue weighted by atomic mass is 16.5. The maximum absolute atomic E-state index is 13.8. The topological polar surface area (TPSA) is 58.6 Å². The SMILES string of the molecule is Cc1cccc(CN(C(=O)COc2cc(C)cc(C)c2C)C(Cc2ccccc2)C(=O)NC(C)(C)C)c1. The van der Waals surface area contributed by atoms with E-state index in [9.17, 15) is 9.59 Å². The van der Waals surface area contributed by atoms with Crippen LogP contribution in [-0.4, -0.2) is 34.9 Å². The molecule has 3 aromatic rings. The number of hydrogen-bond donors (Lipinski definition) is 1. The van der Waals surface area contributed by atoms with Gasteiger partial charge in [0.1, 0.15) is 11.8 Å². The van der Waals surface area contributed by atoms with Crippen LogP contribution in [-0.2, 0) is 22.6 Å². The number of nitrogens with one attached hydrogen (secondary N) is 1. The highest BCUT2D eigenvalue weighted by molar-refractivity contribution is 5.89. The van der Waals surface area contributed by atoms with Gasteiger partial charge in [0.05, 0.1) is 0 Å². The third-order valence-corrected chi connectivity index (χ3v) is 6.32. The molecule has 37 heavy (non-hydrogen) atoms. The molecule has 0 saturated carbocycles. The van der Waals surface area contributed by atoms with E-state index in [1.807, 2.05) is 103 Å². The zero-order chi connectivity index (χ0) is 27.2. The van der Waals surface area contributed by atoms with Crippen molar-refractivity contribution < 1.29 is 14.3 Å². The Kier molecular flexibility index (Phi) is 9.14. The third-order valence-electron chi connectivity index (χ3n) is 6.32. The Morgan fingerprint density at radius 1 is 0.865 bits per heavy atom. The molecular formula is C32H40N2O3. The number of nitrogens with zero attached hydrogens (tertiary/aromatic N) is 1. The molecule has 1 atom stereocenters. The third kappa shape index (κ3) is 8.21. The molecule has 0 bridgehead atoms. The number of rotatable bonds is 9. The van der Waals surface area contributed by atoms with Crippen molar-refractivity contribution in [3.8, 4) is 5.75 Å². The zero-order valence-electron chi connectivity index (χ0n) is 23.2. The standard InChI is InChI=1S/C32H40N2O3/c1-22-12-11-15-27(17-22)20-34(30(35)21-37-29-18-23(2)16-24(3)25(29)4)28(31(36)33-32(5,6)7)19-26-13-9-8-10-14-26/h8-18,28H,19-21H2,1-7H3,(H,33,36). The summed E-state index contributed by atoms with van der Waals surface area (Å²) in [5.41, 5.74) is 5.83. The van der Waals surface area contributed by atoms with Crippen LogP contribution in [0.4, 0.5) is 0 Å². The average Bonchev–Trinajstić information content (AvgIpc) is 2.82. The molecule has 0 heterocycles. The second kappa shape index (κ2) is 12.1. The Hall–Kier alpha value is -3.60. The molecule has 0 saturated heterocycles. The maximum atomic E-state index is 13.8. The molecular weight excluding hydrogens is 460 g/mol. The minimum atomic E-state index is -0.696. The molecule has 5 heteroatoms.